The number of aliphatic imine (C=N–C) groups is 2. The molecule has 9 rings (SSSR count). The summed E-state index contributed by atoms with van der Waals surface area (Å²) in [6.45, 7) is -2.08. The number of carboxylic acid groups (broad SMARTS) is 1. The van der Waals surface area contributed by atoms with Crippen LogP contribution in [0.4, 0.5) is 0 Å². The highest BCUT2D eigenvalue weighted by Gasteiger charge is 2.63. The topological polar surface area (TPSA) is 378 Å². The highest BCUT2D eigenvalue weighted by Crippen LogP contribution is 2.59. The van der Waals surface area contributed by atoms with Gasteiger partial charge in [-0.3, -0.25) is 10.3 Å². The summed E-state index contributed by atoms with van der Waals surface area (Å²) in [5.41, 5.74) is 11.4. The Morgan fingerprint density at radius 3 is 2.65 bits per heavy atom. The third-order valence-corrected chi connectivity index (χ3v) is 22.7. The van der Waals surface area contributed by atoms with Crippen LogP contribution in [0.1, 0.15) is 51.4 Å². The van der Waals surface area contributed by atoms with Crippen molar-refractivity contribution in [3.8, 4) is 0 Å². The van der Waals surface area contributed by atoms with Gasteiger partial charge in [-0.2, -0.15) is 0 Å². The molecule has 0 aromatic carbocycles. The zero-order valence-corrected chi connectivity index (χ0v) is 46.4. The maximum Gasteiger partial charge on any atom is 0.339 e. The minimum atomic E-state index is -3.16. The molecule has 0 radical (unpaired) electrons. The van der Waals surface area contributed by atoms with E-state index in [0.29, 0.717) is 62.0 Å². The predicted molar refractivity (Wildman–Crippen MR) is 292 cm³/mol. The van der Waals surface area contributed by atoms with Gasteiger partial charge in [-0.1, -0.05) is 67.5 Å². The summed E-state index contributed by atoms with van der Waals surface area (Å²) in [7, 11) is 7.76. The summed E-state index contributed by atoms with van der Waals surface area (Å²) in [5, 5.41) is 107. The van der Waals surface area contributed by atoms with E-state index in [-0.39, 0.29) is 91.2 Å². The molecule has 0 aromatic rings. The Bertz CT molecular complexity index is 2400. The number of carbonyl (C=O) groups excluding carboxylic acids is 1. The van der Waals surface area contributed by atoms with Crippen molar-refractivity contribution in [1.29, 1.82) is 0 Å². The maximum atomic E-state index is 15.5. The van der Waals surface area contributed by atoms with Gasteiger partial charge in [-0.15, -0.1) is 0 Å². The number of ether oxygens (including phenoxy) is 5. The number of nitrogens with two attached hydrogens (primary N) is 2. The lowest BCUT2D eigenvalue weighted by Gasteiger charge is -2.53. The first kappa shape index (κ1) is 59.3. The molecule has 7 aliphatic heterocycles. The second kappa shape index (κ2) is 25.5. The van der Waals surface area contributed by atoms with E-state index in [1.165, 1.54) is 19.5 Å². The molecule has 78 heavy (non-hydrogen) atoms. The number of hydrogen-bond acceptors (Lipinski definition) is 25. The van der Waals surface area contributed by atoms with Crippen LogP contribution in [0.25, 0.3) is 0 Å². The number of allylic oxidation sites excluding steroid dienone is 1. The monoisotopic (exact) mass is 1170 g/mol. The molecule has 3 fully saturated rings. The van der Waals surface area contributed by atoms with Crippen LogP contribution in [-0.4, -0.2) is 217 Å². The Hall–Kier alpha value is -3.30. The van der Waals surface area contributed by atoms with Gasteiger partial charge in [-0.05, 0) is 75.8 Å². The molecule has 16 N–H and O–H groups in total. The van der Waals surface area contributed by atoms with Crippen LogP contribution in [0.5, 0.6) is 0 Å². The zero-order chi connectivity index (χ0) is 55.5. The number of hydrogen-bond donors (Lipinski definition) is 14. The molecular formula is C50H74N8O16S4. The van der Waals surface area contributed by atoms with Crippen LogP contribution in [-0.2, 0) is 33.3 Å². The van der Waals surface area contributed by atoms with E-state index in [0.717, 1.165) is 0 Å². The summed E-state index contributed by atoms with van der Waals surface area (Å²) < 4.78 is 32.6. The van der Waals surface area contributed by atoms with Crippen molar-refractivity contribution in [2.75, 3.05) is 64.7 Å². The fourth-order valence-corrected chi connectivity index (χ4v) is 19.7. The van der Waals surface area contributed by atoms with Crippen molar-refractivity contribution in [3.63, 3.8) is 0 Å². The van der Waals surface area contributed by atoms with Gasteiger partial charge in [0, 0.05) is 66.6 Å². The molecule has 0 unspecified atom stereocenters. The number of aliphatic hydroxyl groups excluding tert-OH is 6. The van der Waals surface area contributed by atoms with E-state index >= 15 is 4.79 Å². The van der Waals surface area contributed by atoms with Crippen LogP contribution in [0.15, 0.2) is 69.2 Å². The number of esters is 1. The van der Waals surface area contributed by atoms with Crippen molar-refractivity contribution < 1.29 is 79.2 Å². The van der Waals surface area contributed by atoms with Gasteiger partial charge in [0.2, 0.25) is 12.1 Å². The molecule has 0 amide bonds. The predicted octanol–water partition coefficient (Wildman–Crippen LogP) is -1.10. The third-order valence-electron chi connectivity index (χ3n) is 16.8. The number of nitrogens with one attached hydrogen (secondary N) is 3. The van der Waals surface area contributed by atoms with Crippen molar-refractivity contribution in [3.05, 3.63) is 59.2 Å². The van der Waals surface area contributed by atoms with Gasteiger partial charge in [-0.25, -0.2) is 14.6 Å². The summed E-state index contributed by atoms with van der Waals surface area (Å²) in [4.78, 5) is 40.3. The van der Waals surface area contributed by atoms with E-state index in [4.69, 9.17) is 40.1 Å². The van der Waals surface area contributed by atoms with Crippen LogP contribution < -0.4 is 27.4 Å². The average Bonchev–Trinajstić information content (AvgIpc) is 4.19. The van der Waals surface area contributed by atoms with Gasteiger partial charge < -0.3 is 96.6 Å². The first-order valence-electron chi connectivity index (χ1n) is 26.5. The summed E-state index contributed by atoms with van der Waals surface area (Å²) in [6.07, 6.45) is 2.99. The molecule has 1 saturated heterocycles. The maximum absolute atomic E-state index is 15.5. The lowest BCUT2D eigenvalue weighted by Crippen LogP contribution is -2.70. The van der Waals surface area contributed by atoms with Crippen LogP contribution in [0.3, 0.4) is 0 Å². The highest BCUT2D eigenvalue weighted by molar-refractivity contribution is 8.78. The van der Waals surface area contributed by atoms with Gasteiger partial charge in [0.1, 0.15) is 24.5 Å². The van der Waals surface area contributed by atoms with Crippen molar-refractivity contribution >= 4 is 67.0 Å². The quantitative estimate of drug-likeness (QED) is 0.0187. The Balaban J connectivity index is 1.32. The number of fused-ring (bicyclic) bond motifs is 9. The number of carbonyl (C=O) groups is 2. The van der Waals surface area contributed by atoms with Crippen LogP contribution in [0, 0.1) is 29.1 Å². The van der Waals surface area contributed by atoms with E-state index in [9.17, 15) is 50.8 Å². The molecule has 9 bridgehead atoms. The minimum Gasteiger partial charge on any atom is -0.478 e. The average molecular weight is 1170 g/mol. The van der Waals surface area contributed by atoms with E-state index in [2.05, 4.69) is 20.9 Å². The fraction of sp³-hybridized carbons (Fsp3) is 0.720. The number of rotatable bonds is 14. The number of aliphatic carboxylic acids is 1. The van der Waals surface area contributed by atoms with Crippen LogP contribution in [0.2, 0.25) is 0 Å². The Kier molecular flexibility index (Phi) is 19.4. The number of nitrogens with zero attached hydrogens (tertiary/aromatic N) is 3. The van der Waals surface area contributed by atoms with Gasteiger partial charge in [0.05, 0.1) is 65.7 Å². The summed E-state index contributed by atoms with van der Waals surface area (Å²) >= 11 is 0. The number of aliphatic hydroxyl groups is 8. The molecule has 434 valence electrons. The molecule has 24 nitrogen and oxygen atoms in total. The van der Waals surface area contributed by atoms with E-state index in [1.807, 2.05) is 17.1 Å². The Morgan fingerprint density at radius 1 is 1.10 bits per heavy atom. The molecule has 7 heterocycles. The summed E-state index contributed by atoms with van der Waals surface area (Å²) in [5.74, 6) is -6.32. The molecular weight excluding hydrogens is 1100 g/mol. The molecule has 17 atom stereocenters. The Morgan fingerprint density at radius 2 is 1.92 bits per heavy atom. The molecule has 0 aromatic heterocycles. The SMILES string of the molecule is CN[C@@H](CO)O[C@H]1[C@H](O[C@@H]2OC=C3C(=O)O[C@@H]4CC[C@@H](CO)[C@@H]4CSS[C@H]4[C@H]5C[C@H]6C[C@]7(CC[C@H](C7)[C@@]2(/C=C/CSS5)[C@@H]3/C=C/C2=C(NC(N)=NCCCO)C(C(=O)O)=CN(C2)[C@H]4CO)NC(N)=N6)O[C@H](CO)[C@@H](O)C1(O)O. The lowest BCUT2D eigenvalue weighted by atomic mass is 9.60. The first-order valence-corrected chi connectivity index (χ1v) is 31.2. The Labute approximate surface area is 467 Å². The number of likely N-dealkylation sites (N-methyl/N-ethyl adjacent to an activating group) is 1. The van der Waals surface area contributed by atoms with Gasteiger partial charge >= 0.3 is 11.9 Å². The van der Waals surface area contributed by atoms with Crippen molar-refractivity contribution in [1.82, 2.24) is 20.9 Å². The fourth-order valence-electron chi connectivity index (χ4n) is 12.9. The number of guanidine groups is 2. The zero-order valence-electron chi connectivity index (χ0n) is 43.2. The summed E-state index contributed by atoms with van der Waals surface area (Å²) in [6, 6.07) is -1.02. The van der Waals surface area contributed by atoms with Crippen molar-refractivity contribution in [2.24, 2.45) is 50.5 Å². The largest absolute Gasteiger partial charge is 0.478 e. The van der Waals surface area contributed by atoms with Crippen LogP contribution >= 0.6 is 43.2 Å². The number of carboxylic acids is 1. The minimum absolute atomic E-state index is 0.0150. The van der Waals surface area contributed by atoms with Gasteiger partial charge in [0.25, 0.3) is 0 Å². The molecule has 28 heteroatoms. The van der Waals surface area contributed by atoms with Gasteiger partial charge in [0.15, 0.2) is 24.3 Å². The van der Waals surface area contributed by atoms with E-state index < -0.39 is 108 Å². The normalized spacial score (nSPS) is 40.0. The first-order chi connectivity index (χ1) is 37.5. The second-order valence-electron chi connectivity index (χ2n) is 21.4. The van der Waals surface area contributed by atoms with Crippen molar-refractivity contribution in [2.45, 2.75) is 128 Å². The third kappa shape index (κ3) is 12.0. The molecule has 2 aliphatic carbocycles. The second-order valence-corrected chi connectivity index (χ2v) is 26.6. The standard InChI is InChI=1S/C50H74N8O16S4/c1-53-37(22-63)73-41-44(72-35(21-62)40(64)50(41,68)69)74-45-49-9-2-13-75-77-36(14-28-16-48(57-47(52)55-28)10-8-27(49)15-48)39-33(20-61)58-17-25(38(29(18-58)42(65)66)56-46(51)54-11-3-12-59)4-6-32(49)30(23-70-45)43(67)71-34-7-5-26(19-60)31(34)24-76-78-39/h2,4,6,9,18,23,26-28,31-37,39-41,44-45,53,59-64,68-69H,3,5,7-8,10-17,19-22,24H2,1H3,(H,65,66)(H3,51,54,56)(H3,52,55,57)/b6-4+,9-2+/t26-,27+,28-,31-,32+,33-,34+,35+,36+,37+,39+,40+,41-,44-,45-,48+,49-/m0/s1. The highest BCUT2D eigenvalue weighted by atomic mass is 33.1. The molecule has 9 aliphatic rings. The van der Waals surface area contributed by atoms with E-state index in [1.54, 1.807) is 55.3 Å². The molecule has 2 saturated carbocycles. The lowest BCUT2D eigenvalue weighted by molar-refractivity contribution is -0.420. The molecule has 2 spiro atoms. The smallest absolute Gasteiger partial charge is 0.339 e.